The van der Waals surface area contributed by atoms with E-state index in [1.54, 1.807) is 16.7 Å². The van der Waals surface area contributed by atoms with Crippen LogP contribution in [0.4, 0.5) is 5.69 Å². The van der Waals surface area contributed by atoms with E-state index in [1.165, 1.54) is 0 Å². The number of hydrogen-bond donors (Lipinski definition) is 1. The lowest BCUT2D eigenvalue weighted by atomic mass is 9.82. The van der Waals surface area contributed by atoms with Crippen LogP contribution in [0.15, 0.2) is 83.8 Å². The normalized spacial score (nSPS) is 18.1. The predicted octanol–water partition coefficient (Wildman–Crippen LogP) is 4.69. The molecule has 0 saturated carbocycles. The van der Waals surface area contributed by atoms with Crippen LogP contribution in [0, 0.1) is 0 Å². The van der Waals surface area contributed by atoms with Gasteiger partial charge in [0, 0.05) is 29.1 Å². The van der Waals surface area contributed by atoms with E-state index in [1.807, 2.05) is 92.0 Å². The molecular formula is C25H24N2O2S. The summed E-state index contributed by atoms with van der Waals surface area (Å²) >= 11 is 1.64. The molecule has 1 aliphatic heterocycles. The van der Waals surface area contributed by atoms with Gasteiger partial charge in [0.2, 0.25) is 5.91 Å². The van der Waals surface area contributed by atoms with Gasteiger partial charge in [-0.2, -0.15) is 0 Å². The second kappa shape index (κ2) is 8.36. The zero-order valence-electron chi connectivity index (χ0n) is 17.1. The van der Waals surface area contributed by atoms with Gasteiger partial charge in [-0.1, -0.05) is 48.5 Å². The Balaban J connectivity index is 1.71. The number of benzene rings is 3. The third-order valence-corrected chi connectivity index (χ3v) is 6.34. The van der Waals surface area contributed by atoms with Crippen molar-refractivity contribution in [3.63, 3.8) is 0 Å². The zero-order valence-corrected chi connectivity index (χ0v) is 17.9. The molecule has 1 aliphatic rings. The SMILES string of the molecule is CSc1ccc(N2C(=O)c3ccccc3CC2(C)C(=O)NCc2ccccc2)cc1. The van der Waals surface area contributed by atoms with E-state index in [0.717, 1.165) is 21.7 Å². The molecule has 0 saturated heterocycles. The molecule has 0 fully saturated rings. The largest absolute Gasteiger partial charge is 0.350 e. The Morgan fingerprint density at radius 2 is 1.67 bits per heavy atom. The van der Waals surface area contributed by atoms with Crippen molar-refractivity contribution in [2.75, 3.05) is 11.2 Å². The van der Waals surface area contributed by atoms with Crippen LogP contribution in [-0.2, 0) is 17.8 Å². The third-order valence-electron chi connectivity index (χ3n) is 5.59. The highest BCUT2D eigenvalue weighted by molar-refractivity contribution is 7.98. The van der Waals surface area contributed by atoms with Crippen molar-refractivity contribution < 1.29 is 9.59 Å². The Morgan fingerprint density at radius 1 is 1.00 bits per heavy atom. The first-order valence-corrected chi connectivity index (χ1v) is 11.1. The van der Waals surface area contributed by atoms with Crippen molar-refractivity contribution in [1.29, 1.82) is 0 Å². The summed E-state index contributed by atoms with van der Waals surface area (Å²) in [6.45, 7) is 2.27. The number of carbonyl (C=O) groups excluding carboxylic acids is 2. The van der Waals surface area contributed by atoms with Gasteiger partial charge in [0.15, 0.2) is 0 Å². The number of anilines is 1. The molecule has 0 aliphatic carbocycles. The highest BCUT2D eigenvalue weighted by Gasteiger charge is 2.47. The third kappa shape index (κ3) is 3.73. The van der Waals surface area contributed by atoms with E-state index < -0.39 is 5.54 Å². The number of nitrogens with one attached hydrogen (secondary N) is 1. The molecule has 152 valence electrons. The predicted molar refractivity (Wildman–Crippen MR) is 122 cm³/mol. The van der Waals surface area contributed by atoms with Crippen molar-refractivity contribution in [3.05, 3.63) is 95.6 Å². The summed E-state index contributed by atoms with van der Waals surface area (Å²) in [6.07, 6.45) is 2.47. The minimum atomic E-state index is -1.03. The number of rotatable bonds is 5. The molecule has 0 bridgehead atoms. The summed E-state index contributed by atoms with van der Waals surface area (Å²) in [6, 6.07) is 25.1. The Labute approximate surface area is 181 Å². The topological polar surface area (TPSA) is 49.4 Å². The summed E-state index contributed by atoms with van der Waals surface area (Å²) in [5, 5.41) is 3.05. The van der Waals surface area contributed by atoms with Gasteiger partial charge in [0.25, 0.3) is 5.91 Å². The van der Waals surface area contributed by atoms with Crippen LogP contribution in [-0.4, -0.2) is 23.6 Å². The lowest BCUT2D eigenvalue weighted by molar-refractivity contribution is -0.126. The second-order valence-electron chi connectivity index (χ2n) is 7.61. The molecule has 4 nitrogen and oxygen atoms in total. The molecular weight excluding hydrogens is 392 g/mol. The van der Waals surface area contributed by atoms with Crippen LogP contribution >= 0.6 is 11.8 Å². The number of nitrogens with zero attached hydrogens (tertiary/aromatic N) is 1. The van der Waals surface area contributed by atoms with Crippen LogP contribution < -0.4 is 10.2 Å². The molecule has 1 N–H and O–H groups in total. The van der Waals surface area contributed by atoms with E-state index >= 15 is 0 Å². The minimum absolute atomic E-state index is 0.147. The summed E-state index contributed by atoms with van der Waals surface area (Å²) in [5.41, 5.74) is 2.27. The Morgan fingerprint density at radius 3 is 2.37 bits per heavy atom. The first-order valence-electron chi connectivity index (χ1n) is 9.92. The van der Waals surface area contributed by atoms with E-state index in [4.69, 9.17) is 0 Å². The monoisotopic (exact) mass is 416 g/mol. The molecule has 0 spiro atoms. The van der Waals surface area contributed by atoms with Crippen LogP contribution in [0.3, 0.4) is 0 Å². The highest BCUT2D eigenvalue weighted by Crippen LogP contribution is 2.36. The average Bonchev–Trinajstić information content (AvgIpc) is 2.78. The average molecular weight is 417 g/mol. The van der Waals surface area contributed by atoms with Gasteiger partial charge in [-0.3, -0.25) is 14.5 Å². The van der Waals surface area contributed by atoms with Gasteiger partial charge in [-0.25, -0.2) is 0 Å². The smallest absolute Gasteiger partial charge is 0.259 e. The number of hydrogen-bond acceptors (Lipinski definition) is 3. The summed E-state index contributed by atoms with van der Waals surface area (Å²) in [5.74, 6) is -0.311. The Bertz CT molecular complexity index is 1070. The van der Waals surface area contributed by atoms with Crippen molar-refractivity contribution in [2.45, 2.75) is 30.3 Å². The summed E-state index contributed by atoms with van der Waals surface area (Å²) in [4.78, 5) is 29.7. The van der Waals surface area contributed by atoms with Crippen molar-refractivity contribution in [3.8, 4) is 0 Å². The molecule has 30 heavy (non-hydrogen) atoms. The van der Waals surface area contributed by atoms with Crippen molar-refractivity contribution in [2.24, 2.45) is 0 Å². The Hall–Kier alpha value is -3.05. The fourth-order valence-electron chi connectivity index (χ4n) is 3.96. The van der Waals surface area contributed by atoms with Crippen LogP contribution in [0.1, 0.15) is 28.4 Å². The lowest BCUT2D eigenvalue weighted by Crippen LogP contribution is -2.63. The molecule has 1 heterocycles. The van der Waals surface area contributed by atoms with E-state index in [0.29, 0.717) is 18.5 Å². The molecule has 5 heteroatoms. The molecule has 1 atom stereocenters. The minimum Gasteiger partial charge on any atom is -0.350 e. The van der Waals surface area contributed by atoms with Gasteiger partial charge in [-0.15, -0.1) is 11.8 Å². The van der Waals surface area contributed by atoms with Crippen molar-refractivity contribution >= 4 is 29.3 Å². The fraction of sp³-hybridized carbons (Fsp3) is 0.200. The van der Waals surface area contributed by atoms with Crippen molar-refractivity contribution in [1.82, 2.24) is 5.32 Å². The number of thioether (sulfide) groups is 1. The van der Waals surface area contributed by atoms with Gasteiger partial charge < -0.3 is 5.32 Å². The van der Waals surface area contributed by atoms with Crippen LogP contribution in [0.5, 0.6) is 0 Å². The van der Waals surface area contributed by atoms with E-state index in [9.17, 15) is 9.59 Å². The molecule has 2 amide bonds. The molecule has 0 aromatic heterocycles. The summed E-state index contributed by atoms with van der Waals surface area (Å²) in [7, 11) is 0. The molecule has 1 unspecified atom stereocenters. The van der Waals surface area contributed by atoms with Crippen LogP contribution in [0.25, 0.3) is 0 Å². The van der Waals surface area contributed by atoms with E-state index in [2.05, 4.69) is 5.32 Å². The number of carbonyl (C=O) groups is 2. The molecule has 3 aromatic rings. The van der Waals surface area contributed by atoms with E-state index in [-0.39, 0.29) is 11.8 Å². The number of amides is 2. The van der Waals surface area contributed by atoms with Gasteiger partial charge in [0.1, 0.15) is 5.54 Å². The molecule has 3 aromatic carbocycles. The zero-order chi connectivity index (χ0) is 21.1. The first kappa shape index (κ1) is 20.2. The first-order chi connectivity index (χ1) is 14.5. The highest BCUT2D eigenvalue weighted by atomic mass is 32.2. The maximum atomic E-state index is 13.5. The summed E-state index contributed by atoms with van der Waals surface area (Å²) < 4.78 is 0. The second-order valence-corrected chi connectivity index (χ2v) is 8.49. The quantitative estimate of drug-likeness (QED) is 0.614. The maximum absolute atomic E-state index is 13.5. The van der Waals surface area contributed by atoms with Gasteiger partial charge in [0.05, 0.1) is 0 Å². The number of fused-ring (bicyclic) bond motifs is 1. The van der Waals surface area contributed by atoms with Gasteiger partial charge in [-0.05, 0) is 54.6 Å². The molecule has 4 rings (SSSR count). The lowest BCUT2D eigenvalue weighted by Gasteiger charge is -2.44. The standard InChI is InChI=1S/C25H24N2O2S/c1-25(24(29)26-17-18-8-4-3-5-9-18)16-19-10-6-7-11-22(19)23(28)27(25)20-12-14-21(30-2)15-13-20/h3-15H,16-17H2,1-2H3,(H,26,29). The van der Waals surface area contributed by atoms with Gasteiger partial charge >= 0.3 is 0 Å². The molecule has 0 radical (unpaired) electrons. The Kier molecular flexibility index (Phi) is 5.64. The fourth-order valence-corrected chi connectivity index (χ4v) is 4.37. The van der Waals surface area contributed by atoms with Crippen LogP contribution in [0.2, 0.25) is 0 Å². The maximum Gasteiger partial charge on any atom is 0.259 e.